The van der Waals surface area contributed by atoms with Gasteiger partial charge < -0.3 is 9.73 Å². The predicted octanol–water partition coefficient (Wildman–Crippen LogP) is 5.15. The number of benzene rings is 2. The second-order valence-corrected chi connectivity index (χ2v) is 5.58. The van der Waals surface area contributed by atoms with Crippen molar-refractivity contribution in [2.24, 2.45) is 0 Å². The number of oxazole rings is 1. The van der Waals surface area contributed by atoms with Crippen LogP contribution < -0.4 is 5.32 Å². The fraction of sp³-hybridized carbons (Fsp3) is 0.125. The molecule has 0 radical (unpaired) electrons. The van der Waals surface area contributed by atoms with Crippen LogP contribution in [0.15, 0.2) is 40.8 Å². The molecular weight excluding hydrogens is 323 g/mol. The van der Waals surface area contributed by atoms with Crippen molar-refractivity contribution >= 4 is 45.9 Å². The van der Waals surface area contributed by atoms with Gasteiger partial charge in [-0.05, 0) is 36.4 Å². The largest absolute Gasteiger partial charge is 0.435 e. The summed E-state index contributed by atoms with van der Waals surface area (Å²) in [5.74, 6) is 0.420. The number of fused-ring (bicyclic) bond motifs is 1. The first-order chi connectivity index (χ1) is 10.6. The van der Waals surface area contributed by atoms with Gasteiger partial charge in [0.2, 0.25) is 11.8 Å². The molecule has 0 spiro atoms. The minimum atomic E-state index is -0.0314. The number of halogens is 2. The molecule has 1 aromatic heterocycles. The van der Waals surface area contributed by atoms with Gasteiger partial charge in [-0.3, -0.25) is 4.79 Å². The summed E-state index contributed by atoms with van der Waals surface area (Å²) in [4.78, 5) is 15.7. The Morgan fingerprint density at radius 3 is 2.64 bits per heavy atom. The molecule has 0 bridgehead atoms. The maximum atomic E-state index is 11.4. The molecule has 3 rings (SSSR count). The second kappa shape index (κ2) is 5.99. The predicted molar refractivity (Wildman–Crippen MR) is 88.4 cm³/mol. The Labute approximate surface area is 137 Å². The molecule has 0 fully saturated rings. The molecule has 0 atom stereocenters. The lowest BCUT2D eigenvalue weighted by molar-refractivity contribution is -0.115. The summed E-state index contributed by atoms with van der Waals surface area (Å²) in [5.41, 5.74) is 2.63. The average molecular weight is 335 g/mol. The molecule has 22 heavy (non-hydrogen) atoms. The molecule has 3 aromatic rings. The van der Waals surface area contributed by atoms with Crippen molar-refractivity contribution in [2.45, 2.75) is 13.3 Å². The molecule has 1 amide bonds. The first kappa shape index (κ1) is 14.9. The van der Waals surface area contributed by atoms with Gasteiger partial charge >= 0.3 is 0 Å². The molecule has 0 unspecified atom stereocenters. The minimum absolute atomic E-state index is 0.0314. The van der Waals surface area contributed by atoms with Crippen LogP contribution in [0, 0.1) is 0 Å². The molecule has 0 aliphatic carbocycles. The molecular formula is C16H12Cl2N2O2. The Bertz CT molecular complexity index is 841. The maximum absolute atomic E-state index is 11.4. The minimum Gasteiger partial charge on any atom is -0.435 e. The standard InChI is InChI=1S/C16H12Cl2N2O2/c1-2-14(21)19-11-5-3-9(4-6-11)16-20-13-8-10(17)7-12(18)15(13)22-16/h3-8H,2H2,1H3,(H,19,21). The fourth-order valence-corrected chi connectivity index (χ4v) is 2.55. The van der Waals surface area contributed by atoms with Crippen LogP contribution in [0.4, 0.5) is 5.69 Å². The smallest absolute Gasteiger partial charge is 0.227 e. The number of nitrogens with zero attached hydrogens (tertiary/aromatic N) is 1. The van der Waals surface area contributed by atoms with Crippen molar-refractivity contribution in [1.82, 2.24) is 4.98 Å². The molecule has 2 aromatic carbocycles. The summed E-state index contributed by atoms with van der Waals surface area (Å²) < 4.78 is 5.69. The SMILES string of the molecule is CCC(=O)Nc1ccc(-c2nc3cc(Cl)cc(Cl)c3o2)cc1. The number of carbonyl (C=O) groups is 1. The molecule has 0 aliphatic rings. The number of rotatable bonds is 3. The van der Waals surface area contributed by atoms with E-state index < -0.39 is 0 Å². The highest BCUT2D eigenvalue weighted by atomic mass is 35.5. The topological polar surface area (TPSA) is 55.1 Å². The van der Waals surface area contributed by atoms with Crippen LogP contribution in [0.2, 0.25) is 10.0 Å². The van der Waals surface area contributed by atoms with E-state index in [0.717, 1.165) is 11.3 Å². The average Bonchev–Trinajstić information content (AvgIpc) is 2.92. The van der Waals surface area contributed by atoms with Crippen LogP contribution in [-0.2, 0) is 4.79 Å². The number of amides is 1. The van der Waals surface area contributed by atoms with Gasteiger partial charge in [0.25, 0.3) is 0 Å². The molecule has 0 saturated heterocycles. The summed E-state index contributed by atoms with van der Waals surface area (Å²) in [6.07, 6.45) is 0.437. The highest BCUT2D eigenvalue weighted by Crippen LogP contribution is 2.32. The zero-order valence-corrected chi connectivity index (χ0v) is 13.2. The van der Waals surface area contributed by atoms with E-state index in [2.05, 4.69) is 10.3 Å². The van der Waals surface area contributed by atoms with Crippen molar-refractivity contribution in [3.8, 4) is 11.5 Å². The zero-order valence-electron chi connectivity index (χ0n) is 11.7. The number of hydrogen-bond acceptors (Lipinski definition) is 3. The third-order valence-corrected chi connectivity index (χ3v) is 3.65. The van der Waals surface area contributed by atoms with Crippen molar-refractivity contribution in [2.75, 3.05) is 5.32 Å². The van der Waals surface area contributed by atoms with E-state index in [9.17, 15) is 4.79 Å². The van der Waals surface area contributed by atoms with Gasteiger partial charge in [-0.1, -0.05) is 30.1 Å². The molecule has 4 nitrogen and oxygen atoms in total. The highest BCUT2D eigenvalue weighted by molar-refractivity contribution is 6.38. The third kappa shape index (κ3) is 2.93. The first-order valence-corrected chi connectivity index (χ1v) is 7.48. The van der Waals surface area contributed by atoms with E-state index in [-0.39, 0.29) is 5.91 Å². The maximum Gasteiger partial charge on any atom is 0.227 e. The van der Waals surface area contributed by atoms with Crippen LogP contribution in [-0.4, -0.2) is 10.9 Å². The van der Waals surface area contributed by atoms with Gasteiger partial charge in [0, 0.05) is 22.7 Å². The molecule has 1 heterocycles. The number of hydrogen-bond donors (Lipinski definition) is 1. The van der Waals surface area contributed by atoms with E-state index >= 15 is 0 Å². The lowest BCUT2D eigenvalue weighted by atomic mass is 10.2. The lowest BCUT2D eigenvalue weighted by Gasteiger charge is -2.03. The van der Waals surface area contributed by atoms with Crippen molar-refractivity contribution in [1.29, 1.82) is 0 Å². The monoisotopic (exact) mass is 334 g/mol. The molecule has 1 N–H and O–H groups in total. The van der Waals surface area contributed by atoms with Crippen molar-refractivity contribution < 1.29 is 9.21 Å². The van der Waals surface area contributed by atoms with E-state index in [4.69, 9.17) is 27.6 Å². The van der Waals surface area contributed by atoms with E-state index in [1.165, 1.54) is 0 Å². The summed E-state index contributed by atoms with van der Waals surface area (Å²) in [6, 6.07) is 10.6. The lowest BCUT2D eigenvalue weighted by Crippen LogP contribution is -2.08. The van der Waals surface area contributed by atoms with Crippen LogP contribution in [0.25, 0.3) is 22.6 Å². The Morgan fingerprint density at radius 1 is 1.23 bits per heavy atom. The Balaban J connectivity index is 1.94. The number of nitrogens with one attached hydrogen (secondary N) is 1. The Morgan fingerprint density at radius 2 is 1.95 bits per heavy atom. The zero-order chi connectivity index (χ0) is 15.7. The molecule has 112 valence electrons. The molecule has 0 aliphatic heterocycles. The summed E-state index contributed by atoms with van der Waals surface area (Å²) >= 11 is 12.1. The van der Waals surface area contributed by atoms with Crippen LogP contribution >= 0.6 is 23.2 Å². The van der Waals surface area contributed by atoms with Crippen LogP contribution in [0.3, 0.4) is 0 Å². The fourth-order valence-electron chi connectivity index (χ4n) is 2.03. The normalized spacial score (nSPS) is 10.9. The summed E-state index contributed by atoms with van der Waals surface area (Å²) in [7, 11) is 0. The van der Waals surface area contributed by atoms with E-state index in [1.807, 2.05) is 12.1 Å². The quantitative estimate of drug-likeness (QED) is 0.720. The molecule has 0 saturated carbocycles. The third-order valence-electron chi connectivity index (χ3n) is 3.15. The van der Waals surface area contributed by atoms with Gasteiger partial charge in [-0.25, -0.2) is 4.98 Å². The van der Waals surface area contributed by atoms with Gasteiger partial charge in [0.1, 0.15) is 5.52 Å². The summed E-state index contributed by atoms with van der Waals surface area (Å²) in [5, 5.41) is 3.72. The second-order valence-electron chi connectivity index (χ2n) is 4.73. The highest BCUT2D eigenvalue weighted by Gasteiger charge is 2.12. The van der Waals surface area contributed by atoms with E-state index in [1.54, 1.807) is 31.2 Å². The van der Waals surface area contributed by atoms with Crippen molar-refractivity contribution in [3.63, 3.8) is 0 Å². The van der Waals surface area contributed by atoms with Crippen LogP contribution in [0.5, 0.6) is 0 Å². The number of aromatic nitrogens is 1. The van der Waals surface area contributed by atoms with Gasteiger partial charge in [0.15, 0.2) is 5.58 Å². The van der Waals surface area contributed by atoms with E-state index in [0.29, 0.717) is 33.5 Å². The van der Waals surface area contributed by atoms with Crippen molar-refractivity contribution in [3.05, 3.63) is 46.4 Å². The van der Waals surface area contributed by atoms with Gasteiger partial charge in [-0.2, -0.15) is 0 Å². The Hall–Kier alpha value is -2.04. The van der Waals surface area contributed by atoms with Gasteiger partial charge in [-0.15, -0.1) is 0 Å². The molecule has 6 heteroatoms. The van der Waals surface area contributed by atoms with Crippen LogP contribution in [0.1, 0.15) is 13.3 Å². The Kier molecular flexibility index (Phi) is 4.05. The summed E-state index contributed by atoms with van der Waals surface area (Å²) in [6.45, 7) is 1.80. The number of carbonyl (C=O) groups excluding carboxylic acids is 1. The number of anilines is 1. The van der Waals surface area contributed by atoms with Gasteiger partial charge in [0.05, 0.1) is 5.02 Å². The first-order valence-electron chi connectivity index (χ1n) is 6.72.